The first-order valence-corrected chi connectivity index (χ1v) is 4.27. The molecule has 2 rings (SSSR count). The first kappa shape index (κ1) is 8.26. The SMILES string of the molecule is Cc1onc2c(CCO)cccc12. The number of fused-ring (bicyclic) bond motifs is 1. The molecule has 0 radical (unpaired) electrons. The summed E-state index contributed by atoms with van der Waals surface area (Å²) in [5.74, 6) is 0.829. The normalized spacial score (nSPS) is 10.9. The number of hydrogen-bond acceptors (Lipinski definition) is 3. The molecule has 0 aliphatic rings. The van der Waals surface area contributed by atoms with Crippen LogP contribution in [0.4, 0.5) is 0 Å². The predicted octanol–water partition coefficient (Wildman–Crippen LogP) is 1.67. The average Bonchev–Trinajstić information content (AvgIpc) is 2.50. The molecule has 0 atom stereocenters. The summed E-state index contributed by atoms with van der Waals surface area (Å²) in [6.45, 7) is 2.03. The lowest BCUT2D eigenvalue weighted by Gasteiger charge is -1.97. The molecule has 1 aromatic heterocycles. The number of benzene rings is 1. The van der Waals surface area contributed by atoms with Gasteiger partial charge in [0.1, 0.15) is 11.3 Å². The van der Waals surface area contributed by atoms with E-state index in [0.29, 0.717) is 6.42 Å². The third-order valence-electron chi connectivity index (χ3n) is 2.15. The van der Waals surface area contributed by atoms with Crippen molar-refractivity contribution in [2.75, 3.05) is 6.61 Å². The molecular weight excluding hydrogens is 166 g/mol. The molecule has 0 bridgehead atoms. The molecule has 1 N–H and O–H groups in total. The number of aliphatic hydroxyl groups is 1. The highest BCUT2D eigenvalue weighted by molar-refractivity contribution is 5.83. The van der Waals surface area contributed by atoms with Crippen molar-refractivity contribution in [2.24, 2.45) is 0 Å². The van der Waals surface area contributed by atoms with Crippen LogP contribution in [0.15, 0.2) is 22.7 Å². The largest absolute Gasteiger partial charge is 0.396 e. The van der Waals surface area contributed by atoms with Crippen LogP contribution in [-0.2, 0) is 6.42 Å². The topological polar surface area (TPSA) is 46.3 Å². The number of aromatic nitrogens is 1. The van der Waals surface area contributed by atoms with E-state index >= 15 is 0 Å². The summed E-state index contributed by atoms with van der Waals surface area (Å²) in [6.07, 6.45) is 0.628. The van der Waals surface area contributed by atoms with E-state index in [-0.39, 0.29) is 6.61 Å². The molecule has 0 amide bonds. The van der Waals surface area contributed by atoms with Gasteiger partial charge in [0.15, 0.2) is 0 Å². The molecule has 0 saturated carbocycles. The first-order chi connectivity index (χ1) is 6.33. The van der Waals surface area contributed by atoms with Crippen molar-refractivity contribution >= 4 is 10.9 Å². The first-order valence-electron chi connectivity index (χ1n) is 4.27. The molecule has 13 heavy (non-hydrogen) atoms. The number of aliphatic hydroxyl groups excluding tert-OH is 1. The Kier molecular flexibility index (Phi) is 2.02. The van der Waals surface area contributed by atoms with Crippen LogP contribution in [-0.4, -0.2) is 16.9 Å². The van der Waals surface area contributed by atoms with Crippen molar-refractivity contribution in [1.82, 2.24) is 5.16 Å². The van der Waals surface area contributed by atoms with E-state index in [9.17, 15) is 0 Å². The molecule has 1 aromatic carbocycles. The van der Waals surface area contributed by atoms with E-state index in [1.807, 2.05) is 25.1 Å². The van der Waals surface area contributed by atoms with Crippen LogP contribution in [0, 0.1) is 6.92 Å². The Morgan fingerprint density at radius 2 is 2.31 bits per heavy atom. The van der Waals surface area contributed by atoms with Gasteiger partial charge in [-0.05, 0) is 25.0 Å². The Morgan fingerprint density at radius 3 is 3.08 bits per heavy atom. The predicted molar refractivity (Wildman–Crippen MR) is 49.5 cm³/mol. The van der Waals surface area contributed by atoms with E-state index in [4.69, 9.17) is 9.63 Å². The van der Waals surface area contributed by atoms with Gasteiger partial charge in [0, 0.05) is 12.0 Å². The average molecular weight is 177 g/mol. The summed E-state index contributed by atoms with van der Waals surface area (Å²) < 4.78 is 5.07. The Morgan fingerprint density at radius 1 is 1.46 bits per heavy atom. The van der Waals surface area contributed by atoms with Gasteiger partial charge in [-0.3, -0.25) is 0 Å². The molecule has 0 aliphatic carbocycles. The number of rotatable bonds is 2. The number of nitrogens with zero attached hydrogens (tertiary/aromatic N) is 1. The lowest BCUT2D eigenvalue weighted by atomic mass is 10.1. The molecule has 0 aliphatic heterocycles. The maximum absolute atomic E-state index is 8.83. The van der Waals surface area contributed by atoms with Crippen molar-refractivity contribution in [3.63, 3.8) is 0 Å². The molecule has 1 heterocycles. The fourth-order valence-electron chi connectivity index (χ4n) is 1.47. The van der Waals surface area contributed by atoms with Crippen molar-refractivity contribution in [3.05, 3.63) is 29.5 Å². The van der Waals surface area contributed by atoms with Gasteiger partial charge in [0.2, 0.25) is 0 Å². The van der Waals surface area contributed by atoms with Crippen molar-refractivity contribution in [1.29, 1.82) is 0 Å². The molecule has 0 saturated heterocycles. The lowest BCUT2D eigenvalue weighted by molar-refractivity contribution is 0.300. The highest BCUT2D eigenvalue weighted by atomic mass is 16.5. The molecule has 0 unspecified atom stereocenters. The summed E-state index contributed by atoms with van der Waals surface area (Å²) in [7, 11) is 0. The van der Waals surface area contributed by atoms with Crippen molar-refractivity contribution < 1.29 is 9.63 Å². The van der Waals surface area contributed by atoms with Gasteiger partial charge in [0.05, 0.1) is 0 Å². The second kappa shape index (κ2) is 3.18. The summed E-state index contributed by atoms with van der Waals surface area (Å²) in [6, 6.07) is 5.89. The van der Waals surface area contributed by atoms with E-state index in [1.165, 1.54) is 0 Å². The van der Waals surface area contributed by atoms with Crippen LogP contribution >= 0.6 is 0 Å². The standard InChI is InChI=1S/C10H11NO2/c1-7-9-4-2-3-8(5-6-12)10(9)11-13-7/h2-4,12H,5-6H2,1H3. The summed E-state index contributed by atoms with van der Waals surface area (Å²) in [5, 5.41) is 13.8. The van der Waals surface area contributed by atoms with Gasteiger partial charge in [-0.1, -0.05) is 17.3 Å². The second-order valence-electron chi connectivity index (χ2n) is 3.03. The minimum Gasteiger partial charge on any atom is -0.396 e. The maximum Gasteiger partial charge on any atom is 0.141 e. The highest BCUT2D eigenvalue weighted by Gasteiger charge is 2.07. The zero-order chi connectivity index (χ0) is 9.26. The molecule has 0 fully saturated rings. The molecular formula is C10H11NO2. The van der Waals surface area contributed by atoms with E-state index < -0.39 is 0 Å². The third kappa shape index (κ3) is 1.31. The van der Waals surface area contributed by atoms with Gasteiger partial charge in [-0.2, -0.15) is 0 Å². The minimum absolute atomic E-state index is 0.144. The third-order valence-corrected chi connectivity index (χ3v) is 2.15. The van der Waals surface area contributed by atoms with E-state index in [2.05, 4.69) is 5.16 Å². The summed E-state index contributed by atoms with van der Waals surface area (Å²) in [4.78, 5) is 0. The van der Waals surface area contributed by atoms with Crippen LogP contribution in [0.25, 0.3) is 10.9 Å². The molecule has 2 aromatic rings. The number of hydrogen-bond donors (Lipinski definition) is 1. The molecule has 68 valence electrons. The smallest absolute Gasteiger partial charge is 0.141 e. The van der Waals surface area contributed by atoms with Crippen molar-refractivity contribution in [3.8, 4) is 0 Å². The van der Waals surface area contributed by atoms with Crippen LogP contribution < -0.4 is 0 Å². The van der Waals surface area contributed by atoms with Gasteiger partial charge < -0.3 is 9.63 Å². The van der Waals surface area contributed by atoms with Crippen LogP contribution in [0.5, 0.6) is 0 Å². The maximum atomic E-state index is 8.83. The van der Waals surface area contributed by atoms with Crippen LogP contribution in [0.3, 0.4) is 0 Å². The highest BCUT2D eigenvalue weighted by Crippen LogP contribution is 2.20. The monoisotopic (exact) mass is 177 g/mol. The van der Waals surface area contributed by atoms with Crippen molar-refractivity contribution in [2.45, 2.75) is 13.3 Å². The van der Waals surface area contributed by atoms with Crippen LogP contribution in [0.2, 0.25) is 0 Å². The van der Waals surface area contributed by atoms with Gasteiger partial charge in [-0.25, -0.2) is 0 Å². The Hall–Kier alpha value is -1.35. The molecule has 0 spiro atoms. The van der Waals surface area contributed by atoms with E-state index in [0.717, 1.165) is 22.2 Å². The molecule has 3 nitrogen and oxygen atoms in total. The van der Waals surface area contributed by atoms with Gasteiger partial charge >= 0.3 is 0 Å². The van der Waals surface area contributed by atoms with Gasteiger partial charge in [-0.15, -0.1) is 0 Å². The fraction of sp³-hybridized carbons (Fsp3) is 0.300. The Bertz CT molecular complexity index is 420. The summed E-state index contributed by atoms with van der Waals surface area (Å²) >= 11 is 0. The summed E-state index contributed by atoms with van der Waals surface area (Å²) in [5.41, 5.74) is 1.91. The van der Waals surface area contributed by atoms with Gasteiger partial charge in [0.25, 0.3) is 0 Å². The zero-order valence-electron chi connectivity index (χ0n) is 7.45. The fourth-order valence-corrected chi connectivity index (χ4v) is 1.47. The number of aryl methyl sites for hydroxylation is 1. The zero-order valence-corrected chi connectivity index (χ0v) is 7.45. The molecule has 3 heteroatoms. The minimum atomic E-state index is 0.144. The Labute approximate surface area is 76.0 Å². The quantitative estimate of drug-likeness (QED) is 0.759. The Balaban J connectivity index is 2.63. The van der Waals surface area contributed by atoms with Crippen LogP contribution in [0.1, 0.15) is 11.3 Å². The lowest BCUT2D eigenvalue weighted by Crippen LogP contribution is -1.91. The van der Waals surface area contributed by atoms with E-state index in [1.54, 1.807) is 0 Å². The second-order valence-corrected chi connectivity index (χ2v) is 3.03.